The van der Waals surface area contributed by atoms with Gasteiger partial charge in [-0.15, -0.1) is 23.7 Å². The first kappa shape index (κ1) is 13.5. The third kappa shape index (κ3) is 3.10. The van der Waals surface area contributed by atoms with Crippen LogP contribution in [0.4, 0.5) is 0 Å². The molecule has 1 atom stereocenters. The summed E-state index contributed by atoms with van der Waals surface area (Å²) in [5, 5.41) is 9.53. The lowest BCUT2D eigenvalue weighted by Crippen LogP contribution is -2.26. The highest BCUT2D eigenvalue weighted by atomic mass is 35.5. The fourth-order valence-corrected chi connectivity index (χ4v) is 2.81. The molecule has 0 aromatic carbocycles. The molecule has 0 bridgehead atoms. The van der Waals surface area contributed by atoms with Crippen molar-refractivity contribution in [3.05, 3.63) is 34.1 Å². The number of nitrogens with one attached hydrogen (secondary N) is 1. The number of thiophene rings is 1. The van der Waals surface area contributed by atoms with E-state index in [9.17, 15) is 0 Å². The Kier molecular flexibility index (Phi) is 4.74. The van der Waals surface area contributed by atoms with Gasteiger partial charge in [-0.25, -0.2) is 0 Å². The Morgan fingerprint density at radius 1 is 1.44 bits per heavy atom. The van der Waals surface area contributed by atoms with Gasteiger partial charge in [-0.3, -0.25) is 0 Å². The molecular weight excluding hydrogens is 270 g/mol. The van der Waals surface area contributed by atoms with Crippen LogP contribution in [0.2, 0.25) is 0 Å². The van der Waals surface area contributed by atoms with Gasteiger partial charge in [0.25, 0.3) is 0 Å². The molecule has 0 amide bonds. The molecular formula is C12H16ClN3OS. The van der Waals surface area contributed by atoms with Crippen molar-refractivity contribution < 1.29 is 4.52 Å². The minimum Gasteiger partial charge on any atom is -0.338 e. The Morgan fingerprint density at radius 2 is 2.39 bits per heavy atom. The van der Waals surface area contributed by atoms with E-state index in [0.717, 1.165) is 31.1 Å². The number of hydrogen-bond acceptors (Lipinski definition) is 5. The first-order valence-electron chi connectivity index (χ1n) is 6.00. The minimum atomic E-state index is 0. The van der Waals surface area contributed by atoms with Crippen LogP contribution in [0.1, 0.15) is 41.9 Å². The molecule has 1 saturated heterocycles. The molecule has 6 heteroatoms. The Hall–Kier alpha value is -0.910. The first-order valence-corrected chi connectivity index (χ1v) is 6.88. The SMILES string of the molecule is Cl.c1csc(Cc2noc([C@@H]3CCCCN3)n2)c1. The van der Waals surface area contributed by atoms with Gasteiger partial charge < -0.3 is 9.84 Å². The quantitative estimate of drug-likeness (QED) is 0.942. The van der Waals surface area contributed by atoms with Crippen LogP contribution in [0.25, 0.3) is 0 Å². The molecule has 2 aromatic heterocycles. The van der Waals surface area contributed by atoms with E-state index in [1.165, 1.54) is 17.7 Å². The number of aromatic nitrogens is 2. The largest absolute Gasteiger partial charge is 0.338 e. The average molecular weight is 286 g/mol. The zero-order valence-electron chi connectivity index (χ0n) is 9.96. The van der Waals surface area contributed by atoms with Crippen molar-refractivity contribution in [3.8, 4) is 0 Å². The molecule has 0 radical (unpaired) electrons. The van der Waals surface area contributed by atoms with E-state index in [1.807, 2.05) is 6.07 Å². The summed E-state index contributed by atoms with van der Waals surface area (Å²) in [4.78, 5) is 5.75. The van der Waals surface area contributed by atoms with Crippen molar-refractivity contribution in [1.29, 1.82) is 0 Å². The lowest BCUT2D eigenvalue weighted by molar-refractivity contribution is 0.296. The van der Waals surface area contributed by atoms with E-state index in [0.29, 0.717) is 0 Å². The Labute approximate surface area is 116 Å². The van der Waals surface area contributed by atoms with Crippen LogP contribution in [0, 0.1) is 0 Å². The lowest BCUT2D eigenvalue weighted by atomic mass is 10.1. The summed E-state index contributed by atoms with van der Waals surface area (Å²) < 4.78 is 5.33. The van der Waals surface area contributed by atoms with Crippen molar-refractivity contribution in [2.45, 2.75) is 31.7 Å². The number of rotatable bonds is 3. The molecule has 0 unspecified atom stereocenters. The van der Waals surface area contributed by atoms with Gasteiger partial charge in [0, 0.05) is 11.3 Å². The van der Waals surface area contributed by atoms with Gasteiger partial charge in [-0.2, -0.15) is 4.98 Å². The second-order valence-corrected chi connectivity index (χ2v) is 5.34. The van der Waals surface area contributed by atoms with E-state index in [4.69, 9.17) is 4.52 Å². The van der Waals surface area contributed by atoms with E-state index < -0.39 is 0 Å². The van der Waals surface area contributed by atoms with Crippen LogP contribution >= 0.6 is 23.7 Å². The molecule has 3 heterocycles. The van der Waals surface area contributed by atoms with E-state index in [-0.39, 0.29) is 18.4 Å². The molecule has 1 aliphatic heterocycles. The van der Waals surface area contributed by atoms with Gasteiger partial charge in [0.15, 0.2) is 5.82 Å². The number of halogens is 1. The molecule has 4 nitrogen and oxygen atoms in total. The lowest BCUT2D eigenvalue weighted by Gasteiger charge is -2.19. The summed E-state index contributed by atoms with van der Waals surface area (Å²) >= 11 is 1.73. The highest BCUT2D eigenvalue weighted by Crippen LogP contribution is 2.22. The van der Waals surface area contributed by atoms with Gasteiger partial charge in [0.1, 0.15) is 0 Å². The summed E-state index contributed by atoms with van der Waals surface area (Å²) in [7, 11) is 0. The minimum absolute atomic E-state index is 0. The van der Waals surface area contributed by atoms with Gasteiger partial charge >= 0.3 is 0 Å². The van der Waals surface area contributed by atoms with Crippen LogP contribution in [0.15, 0.2) is 22.0 Å². The van der Waals surface area contributed by atoms with Gasteiger partial charge in [0.05, 0.1) is 6.04 Å². The molecule has 1 N–H and O–H groups in total. The molecule has 18 heavy (non-hydrogen) atoms. The molecule has 1 aliphatic rings. The van der Waals surface area contributed by atoms with Crippen molar-refractivity contribution in [1.82, 2.24) is 15.5 Å². The van der Waals surface area contributed by atoms with Crippen LogP contribution in [0.5, 0.6) is 0 Å². The number of hydrogen-bond donors (Lipinski definition) is 1. The predicted molar refractivity (Wildman–Crippen MR) is 73.3 cm³/mol. The van der Waals surface area contributed by atoms with Crippen LogP contribution < -0.4 is 5.32 Å². The van der Waals surface area contributed by atoms with Crippen LogP contribution in [0.3, 0.4) is 0 Å². The van der Waals surface area contributed by atoms with E-state index in [2.05, 4.69) is 26.9 Å². The maximum atomic E-state index is 5.33. The standard InChI is InChI=1S/C12H15N3OS.ClH/c1-2-6-13-10(5-1)12-14-11(15-16-12)8-9-4-3-7-17-9;/h3-4,7,10,13H,1-2,5-6,8H2;1H/t10-;/m0./s1. The predicted octanol–water partition coefficient (Wildman–Crippen LogP) is 2.96. The summed E-state index contributed by atoms with van der Waals surface area (Å²) in [6, 6.07) is 4.40. The second kappa shape index (κ2) is 6.31. The topological polar surface area (TPSA) is 51.0 Å². The smallest absolute Gasteiger partial charge is 0.243 e. The molecule has 1 fully saturated rings. The van der Waals surface area contributed by atoms with Gasteiger partial charge in [-0.1, -0.05) is 17.6 Å². The van der Waals surface area contributed by atoms with Gasteiger partial charge in [-0.05, 0) is 30.8 Å². The Bertz CT molecular complexity index is 465. The molecule has 3 rings (SSSR count). The number of nitrogens with zero attached hydrogens (tertiary/aromatic N) is 2. The third-order valence-corrected chi connectivity index (χ3v) is 3.88. The zero-order valence-corrected chi connectivity index (χ0v) is 11.6. The highest BCUT2D eigenvalue weighted by Gasteiger charge is 2.20. The molecule has 2 aromatic rings. The van der Waals surface area contributed by atoms with Gasteiger partial charge in [0.2, 0.25) is 5.89 Å². The average Bonchev–Trinajstić information content (AvgIpc) is 3.02. The Morgan fingerprint density at radius 3 is 3.11 bits per heavy atom. The highest BCUT2D eigenvalue weighted by molar-refractivity contribution is 7.09. The monoisotopic (exact) mass is 285 g/mol. The number of piperidine rings is 1. The summed E-state index contributed by atoms with van der Waals surface area (Å²) in [5.74, 6) is 1.53. The normalized spacial score (nSPS) is 19.4. The van der Waals surface area contributed by atoms with Crippen molar-refractivity contribution in [3.63, 3.8) is 0 Å². The van der Waals surface area contributed by atoms with Crippen molar-refractivity contribution in [2.24, 2.45) is 0 Å². The van der Waals surface area contributed by atoms with Crippen molar-refractivity contribution >= 4 is 23.7 Å². The maximum Gasteiger partial charge on any atom is 0.243 e. The fourth-order valence-electron chi connectivity index (χ4n) is 2.11. The molecule has 0 spiro atoms. The molecule has 0 saturated carbocycles. The fraction of sp³-hybridized carbons (Fsp3) is 0.500. The first-order chi connectivity index (χ1) is 8.42. The van der Waals surface area contributed by atoms with E-state index in [1.54, 1.807) is 11.3 Å². The zero-order chi connectivity index (χ0) is 11.5. The summed E-state index contributed by atoms with van der Waals surface area (Å²) in [5.41, 5.74) is 0. The third-order valence-electron chi connectivity index (χ3n) is 3.00. The molecule has 98 valence electrons. The summed E-state index contributed by atoms with van der Waals surface area (Å²) in [6.45, 7) is 1.05. The summed E-state index contributed by atoms with van der Waals surface area (Å²) in [6.07, 6.45) is 4.35. The van der Waals surface area contributed by atoms with Crippen LogP contribution in [-0.2, 0) is 6.42 Å². The Balaban J connectivity index is 0.00000120. The molecule has 0 aliphatic carbocycles. The maximum absolute atomic E-state index is 5.33. The van der Waals surface area contributed by atoms with E-state index >= 15 is 0 Å². The van der Waals surface area contributed by atoms with Crippen molar-refractivity contribution in [2.75, 3.05) is 6.54 Å². The van der Waals surface area contributed by atoms with Crippen LogP contribution in [-0.4, -0.2) is 16.7 Å². The second-order valence-electron chi connectivity index (χ2n) is 4.31.